The molecule has 0 spiro atoms. The lowest BCUT2D eigenvalue weighted by Crippen LogP contribution is -2.39. The van der Waals surface area contributed by atoms with Crippen LogP contribution in [0.15, 0.2) is 121 Å². The molecule has 0 aliphatic rings. The third-order valence-electron chi connectivity index (χ3n) is 8.33. The monoisotopic (exact) mass is 696 g/mol. The van der Waals surface area contributed by atoms with Gasteiger partial charge in [-0.2, -0.15) is 0 Å². The predicted octanol–water partition coefficient (Wildman–Crippen LogP) is 6.95. The van der Waals surface area contributed by atoms with Crippen molar-refractivity contribution in [1.82, 2.24) is 31.9 Å². The second-order valence-corrected chi connectivity index (χ2v) is 12.8. The van der Waals surface area contributed by atoms with Crippen LogP contribution in [0.3, 0.4) is 0 Å². The van der Waals surface area contributed by atoms with Gasteiger partial charge >= 0.3 is 0 Å². The zero-order valence-electron chi connectivity index (χ0n) is 28.0. The van der Waals surface area contributed by atoms with Crippen molar-refractivity contribution < 1.29 is 0 Å². The van der Waals surface area contributed by atoms with E-state index in [0.717, 1.165) is 78.0 Å². The molecule has 0 aromatic heterocycles. The van der Waals surface area contributed by atoms with Gasteiger partial charge in [-0.1, -0.05) is 129 Å². The Bertz CT molecular complexity index is 1230. The summed E-state index contributed by atoms with van der Waals surface area (Å²) in [7, 11) is 0. The number of nitrogens with one attached hydrogen (secondary N) is 6. The maximum atomic E-state index is 5.56. The third-order valence-corrected chi connectivity index (χ3v) is 8.91. The van der Waals surface area contributed by atoms with E-state index in [1.165, 1.54) is 22.3 Å². The van der Waals surface area contributed by atoms with E-state index < -0.39 is 0 Å². The zero-order valence-corrected chi connectivity index (χ0v) is 29.6. The summed E-state index contributed by atoms with van der Waals surface area (Å²) >= 11 is 11.1. The minimum atomic E-state index is 0. The van der Waals surface area contributed by atoms with Crippen LogP contribution >= 0.6 is 24.4 Å². The quantitative estimate of drug-likeness (QED) is 0.0413. The van der Waals surface area contributed by atoms with Crippen LogP contribution in [0.2, 0.25) is 0 Å². The van der Waals surface area contributed by atoms with E-state index in [4.69, 9.17) is 24.4 Å². The number of hydrogen-bond acceptors (Lipinski definition) is 4. The number of rotatable bonds is 21. The molecule has 0 unspecified atom stereocenters. The molecular weight excluding hydrogens is 641 g/mol. The van der Waals surface area contributed by atoms with E-state index in [0.29, 0.717) is 10.2 Å². The molecule has 0 saturated carbocycles. The summed E-state index contributed by atoms with van der Waals surface area (Å²) in [5.41, 5.74) is 5.15. The second kappa shape index (κ2) is 24.3. The van der Waals surface area contributed by atoms with E-state index in [2.05, 4.69) is 153 Å². The fourth-order valence-electron chi connectivity index (χ4n) is 5.69. The number of hydrogen-bond donors (Lipinski definition) is 6. The van der Waals surface area contributed by atoms with Gasteiger partial charge in [-0.3, -0.25) is 0 Å². The van der Waals surface area contributed by atoms with E-state index in [1.807, 2.05) is 0 Å². The third kappa shape index (κ3) is 15.5. The fraction of sp³-hybridized carbons (Fsp3) is 0.366. The first-order valence-corrected chi connectivity index (χ1v) is 18.2. The molecule has 0 bridgehead atoms. The average Bonchev–Trinajstić information content (AvgIpc) is 3.13. The topological polar surface area (TPSA) is 72.2 Å². The van der Waals surface area contributed by atoms with Crippen molar-refractivity contribution in [3.8, 4) is 0 Å². The molecule has 0 fully saturated rings. The van der Waals surface area contributed by atoms with E-state index in [9.17, 15) is 0 Å². The van der Waals surface area contributed by atoms with Gasteiger partial charge < -0.3 is 31.9 Å². The molecule has 0 amide bonds. The van der Waals surface area contributed by atoms with Gasteiger partial charge in [-0.25, -0.2) is 0 Å². The van der Waals surface area contributed by atoms with Crippen molar-refractivity contribution in [2.45, 2.75) is 44.9 Å². The second-order valence-electron chi connectivity index (χ2n) is 11.9. The lowest BCUT2D eigenvalue weighted by atomic mass is 9.91. The highest BCUT2D eigenvalue weighted by atomic mass is 32.1. The molecule has 4 aromatic rings. The Balaban J connectivity index is 0.00000650. The van der Waals surface area contributed by atoms with E-state index in [-0.39, 0.29) is 19.3 Å². The van der Waals surface area contributed by atoms with Gasteiger partial charge in [0, 0.05) is 38.0 Å². The summed E-state index contributed by atoms with van der Waals surface area (Å²) in [6, 6.07) is 42.4. The predicted molar refractivity (Wildman–Crippen MR) is 218 cm³/mol. The normalized spacial score (nSPS) is 10.7. The largest absolute Gasteiger partial charge is 0.363 e. The first kappa shape index (κ1) is 39.6. The maximum absolute atomic E-state index is 5.56. The van der Waals surface area contributed by atoms with Crippen LogP contribution in [0, 0.1) is 0 Å². The van der Waals surface area contributed by atoms with Crippen LogP contribution in [-0.4, -0.2) is 62.6 Å². The summed E-state index contributed by atoms with van der Waals surface area (Å²) in [4.78, 5) is 0. The summed E-state index contributed by atoms with van der Waals surface area (Å²) < 4.78 is 0. The first-order chi connectivity index (χ1) is 23.7. The Labute approximate surface area is 306 Å². The highest BCUT2D eigenvalue weighted by Gasteiger charge is 2.15. The molecule has 0 aliphatic heterocycles. The Morgan fingerprint density at radius 2 is 0.673 bits per heavy atom. The molecule has 0 aliphatic carbocycles. The highest BCUT2D eigenvalue weighted by Crippen LogP contribution is 2.24. The van der Waals surface area contributed by atoms with Crippen LogP contribution in [-0.2, 0) is 0 Å². The number of benzene rings is 4. The van der Waals surface area contributed by atoms with Gasteiger partial charge in [0.2, 0.25) is 0 Å². The fourth-order valence-corrected chi connectivity index (χ4v) is 6.06. The van der Waals surface area contributed by atoms with Crippen LogP contribution in [0.4, 0.5) is 0 Å². The molecule has 6 nitrogen and oxygen atoms in total. The molecule has 0 heterocycles. The van der Waals surface area contributed by atoms with Crippen LogP contribution < -0.4 is 31.9 Å². The van der Waals surface area contributed by atoms with Crippen molar-refractivity contribution in [3.63, 3.8) is 0 Å². The van der Waals surface area contributed by atoms with Crippen LogP contribution in [0.1, 0.15) is 67.2 Å². The summed E-state index contributed by atoms with van der Waals surface area (Å²) in [5.74, 6) is 0.509. The molecule has 6 N–H and O–H groups in total. The van der Waals surface area contributed by atoms with E-state index in [1.54, 1.807) is 0 Å². The first-order valence-electron chi connectivity index (χ1n) is 17.4. The van der Waals surface area contributed by atoms with Crippen LogP contribution in [0.5, 0.6) is 0 Å². The smallest absolute Gasteiger partial charge is 0.166 e. The van der Waals surface area contributed by atoms with Crippen molar-refractivity contribution in [2.24, 2.45) is 0 Å². The molecule has 4 aromatic carbocycles. The minimum absolute atomic E-state index is 0. The molecular formula is C41H56N6S2. The van der Waals surface area contributed by atoms with Crippen LogP contribution in [0.25, 0.3) is 0 Å². The minimum Gasteiger partial charge on any atom is -0.363 e. The molecule has 0 saturated heterocycles. The van der Waals surface area contributed by atoms with Crippen molar-refractivity contribution in [1.29, 1.82) is 0 Å². The molecule has 262 valence electrons. The van der Waals surface area contributed by atoms with Gasteiger partial charge in [0.1, 0.15) is 0 Å². The van der Waals surface area contributed by atoms with E-state index >= 15 is 0 Å². The number of unbranched alkanes of at least 4 members (excludes halogenated alkanes) is 1. The molecule has 8 heteroatoms. The van der Waals surface area contributed by atoms with Gasteiger partial charge in [-0.15, -0.1) is 0 Å². The van der Waals surface area contributed by atoms with Gasteiger partial charge in [0.25, 0.3) is 0 Å². The molecule has 0 radical (unpaired) electrons. The van der Waals surface area contributed by atoms with Crippen molar-refractivity contribution >= 4 is 34.7 Å². The Morgan fingerprint density at radius 1 is 0.388 bits per heavy atom. The molecule has 49 heavy (non-hydrogen) atoms. The van der Waals surface area contributed by atoms with Gasteiger partial charge in [0.15, 0.2) is 10.2 Å². The number of thiocarbonyl (C=S) groups is 2. The Morgan fingerprint density at radius 3 is 0.980 bits per heavy atom. The average molecular weight is 697 g/mol. The Kier molecular flexibility index (Phi) is 19.7. The lowest BCUT2D eigenvalue weighted by Gasteiger charge is -2.20. The summed E-state index contributed by atoms with van der Waals surface area (Å²) in [6.07, 6.45) is 4.39. The van der Waals surface area contributed by atoms with Gasteiger partial charge in [0.05, 0.1) is 0 Å². The maximum Gasteiger partial charge on any atom is 0.166 e. The van der Waals surface area contributed by atoms with Crippen molar-refractivity contribution in [3.05, 3.63) is 144 Å². The lowest BCUT2D eigenvalue weighted by molar-refractivity contribution is 0.563. The Hall–Kier alpha value is -3.82. The molecule has 4 rings (SSSR count). The van der Waals surface area contributed by atoms with Crippen molar-refractivity contribution in [2.75, 3.05) is 52.4 Å². The summed E-state index contributed by atoms with van der Waals surface area (Å²) in [5, 5.41) is 22.1. The SMILES string of the molecule is C.S=C(NCCCNCCCCNCCCNC(=S)NCC(c1ccccc1)c1ccccc1)NCC(c1ccccc1)c1ccccc1. The highest BCUT2D eigenvalue weighted by molar-refractivity contribution is 7.80. The molecule has 0 atom stereocenters. The standard InChI is InChI=1S/C40H52N6S2.CH4/c47-39(45-31-37(33-17-5-1-6-18-33)34-19-7-2-8-20-34)43-29-15-27-41-25-13-14-26-42-28-16-30-44-40(48)46-32-38(35-21-9-3-10-22-35)36-23-11-4-12-24-36;/h1-12,17-24,37-38,41-42H,13-16,25-32H2,(H2,43,45,47)(H2,44,46,48);1H4. The zero-order chi connectivity index (χ0) is 33.5. The summed E-state index contributed by atoms with van der Waals surface area (Å²) in [6.45, 7) is 7.28. The van der Waals surface area contributed by atoms with Gasteiger partial charge in [-0.05, 0) is 98.6 Å².